The number of phenolic OH excluding ortho intramolecular Hbond substituents is 1. The Labute approximate surface area is 187 Å². The van der Waals surface area contributed by atoms with Crippen molar-refractivity contribution < 1.29 is 44.2 Å². The van der Waals surface area contributed by atoms with Crippen LogP contribution >= 0.6 is 0 Å². The molecule has 1 aromatic carbocycles. The summed E-state index contributed by atoms with van der Waals surface area (Å²) in [7, 11) is 2.71. The van der Waals surface area contributed by atoms with Crippen molar-refractivity contribution in [2.75, 3.05) is 14.2 Å². The van der Waals surface area contributed by atoms with Crippen molar-refractivity contribution in [1.29, 1.82) is 0 Å². The third-order valence-electron chi connectivity index (χ3n) is 7.46. The summed E-state index contributed by atoms with van der Waals surface area (Å²) in [5.41, 5.74) is 1.15. The molecule has 3 N–H and O–H groups in total. The van der Waals surface area contributed by atoms with E-state index >= 15 is 0 Å². The largest absolute Gasteiger partial charge is 0.502 e. The lowest BCUT2D eigenvalue weighted by Crippen LogP contribution is -2.43. The van der Waals surface area contributed by atoms with Crippen molar-refractivity contribution in [3.05, 3.63) is 29.3 Å². The Balaban J connectivity index is 1.69. The Hall–Kier alpha value is -3.44. The predicted molar refractivity (Wildman–Crippen MR) is 106 cm³/mol. The van der Waals surface area contributed by atoms with E-state index in [9.17, 15) is 34.7 Å². The summed E-state index contributed by atoms with van der Waals surface area (Å²) in [5, 5.41) is 30.7. The number of phenols is 1. The lowest BCUT2D eigenvalue weighted by atomic mass is 9.57. The highest BCUT2D eigenvalue weighted by atomic mass is 16.5. The number of benzene rings is 1. The molecule has 2 saturated heterocycles. The highest BCUT2D eigenvalue weighted by molar-refractivity contribution is 6.06. The molecular formula is C22H22N2O9. The molecular weight excluding hydrogens is 436 g/mol. The van der Waals surface area contributed by atoms with Gasteiger partial charge < -0.3 is 14.6 Å². The smallest absolute Gasteiger partial charge is 0.258 e. The highest BCUT2D eigenvalue weighted by Gasteiger charge is 2.62. The van der Waals surface area contributed by atoms with E-state index in [1.165, 1.54) is 26.4 Å². The van der Waals surface area contributed by atoms with Crippen LogP contribution in [0, 0.1) is 29.6 Å². The van der Waals surface area contributed by atoms with Gasteiger partial charge in [-0.2, -0.15) is 10.1 Å². The molecule has 0 radical (unpaired) electrons. The van der Waals surface area contributed by atoms with Gasteiger partial charge in [-0.3, -0.25) is 29.6 Å². The summed E-state index contributed by atoms with van der Waals surface area (Å²) < 4.78 is 10.5. The second-order valence-electron chi connectivity index (χ2n) is 8.77. The Morgan fingerprint density at radius 2 is 1.36 bits per heavy atom. The number of nitrogens with zero attached hydrogens (tertiary/aromatic N) is 2. The van der Waals surface area contributed by atoms with Gasteiger partial charge in [0.2, 0.25) is 5.75 Å². The molecule has 11 heteroatoms. The molecule has 0 aromatic heterocycles. The molecule has 6 unspecified atom stereocenters. The molecule has 174 valence electrons. The van der Waals surface area contributed by atoms with Gasteiger partial charge in [-0.1, -0.05) is 11.6 Å². The minimum atomic E-state index is -0.946. The van der Waals surface area contributed by atoms with E-state index in [4.69, 9.17) is 9.47 Å². The summed E-state index contributed by atoms with van der Waals surface area (Å²) in [6, 6.07) is 3.04. The fourth-order valence-corrected chi connectivity index (χ4v) is 6.02. The lowest BCUT2D eigenvalue weighted by molar-refractivity contribution is -0.174. The summed E-state index contributed by atoms with van der Waals surface area (Å²) in [6.45, 7) is 0. The van der Waals surface area contributed by atoms with Gasteiger partial charge in [0.15, 0.2) is 11.5 Å². The number of carbonyl (C=O) groups is 4. The third-order valence-corrected chi connectivity index (χ3v) is 7.46. The molecule has 1 aromatic rings. The van der Waals surface area contributed by atoms with Gasteiger partial charge in [0.1, 0.15) is 0 Å². The molecule has 3 fully saturated rings. The number of methoxy groups -OCH3 is 2. The molecule has 2 aliphatic carbocycles. The molecule has 33 heavy (non-hydrogen) atoms. The van der Waals surface area contributed by atoms with Crippen LogP contribution in [0.25, 0.3) is 0 Å². The number of ether oxygens (including phenoxy) is 2. The quantitative estimate of drug-likeness (QED) is 0.339. The number of rotatable bonds is 3. The molecule has 0 spiro atoms. The van der Waals surface area contributed by atoms with Crippen LogP contribution in [0.3, 0.4) is 0 Å². The van der Waals surface area contributed by atoms with Crippen molar-refractivity contribution in [1.82, 2.24) is 10.1 Å². The monoisotopic (exact) mass is 458 g/mol. The van der Waals surface area contributed by atoms with Gasteiger partial charge in [0.05, 0.1) is 37.9 Å². The average molecular weight is 458 g/mol. The van der Waals surface area contributed by atoms with Gasteiger partial charge in [-0.25, -0.2) is 0 Å². The molecule has 1 saturated carbocycles. The van der Waals surface area contributed by atoms with E-state index in [1.807, 2.05) is 0 Å². The summed E-state index contributed by atoms with van der Waals surface area (Å²) >= 11 is 0. The average Bonchev–Trinajstić information content (AvgIpc) is 3.17. The minimum Gasteiger partial charge on any atom is -0.502 e. The van der Waals surface area contributed by atoms with E-state index in [0.29, 0.717) is 11.1 Å². The van der Waals surface area contributed by atoms with Crippen molar-refractivity contribution in [3.63, 3.8) is 0 Å². The fraction of sp³-hybridized carbons (Fsp3) is 0.455. The Morgan fingerprint density at radius 3 is 1.94 bits per heavy atom. The van der Waals surface area contributed by atoms with Crippen molar-refractivity contribution >= 4 is 23.6 Å². The topological polar surface area (TPSA) is 154 Å². The second-order valence-corrected chi connectivity index (χ2v) is 8.77. The molecule has 6 atom stereocenters. The SMILES string of the molecule is COc1cc(C2C3=CCC4C(=O)N(O)C(=O)C4C3CC3C(=O)N(O)C(=O)C32)cc(OC)c1O. The molecule has 4 amide bonds. The standard InChI is InChI=1S/C22H22N2O9/c1-32-13-5-8(6-14(33-2)18(13)25)15-9-3-4-10-16(21(28)23(30)19(10)26)11(9)7-12-17(15)22(29)24(31)20(12)27/h3,5-6,10-12,15-17,25,30-31H,4,7H2,1-2H3. The third kappa shape index (κ3) is 2.75. The van der Waals surface area contributed by atoms with Gasteiger partial charge in [-0.05, 0) is 36.5 Å². The maximum Gasteiger partial charge on any atom is 0.258 e. The first-order valence-corrected chi connectivity index (χ1v) is 10.5. The normalized spacial score (nSPS) is 33.0. The number of hydrogen-bond acceptors (Lipinski definition) is 9. The zero-order valence-electron chi connectivity index (χ0n) is 17.8. The van der Waals surface area contributed by atoms with E-state index in [1.54, 1.807) is 6.08 Å². The molecule has 2 aliphatic heterocycles. The number of allylic oxidation sites excluding steroid dienone is 2. The molecule has 4 aliphatic rings. The second kappa shape index (κ2) is 7.29. The number of amides is 4. The zero-order valence-corrected chi connectivity index (χ0v) is 17.8. The number of hydrogen-bond donors (Lipinski definition) is 3. The van der Waals surface area contributed by atoms with Crippen molar-refractivity contribution in [3.8, 4) is 17.2 Å². The summed E-state index contributed by atoms with van der Waals surface area (Å²) in [4.78, 5) is 50.8. The van der Waals surface area contributed by atoms with Crippen LogP contribution in [0.2, 0.25) is 0 Å². The summed E-state index contributed by atoms with van der Waals surface area (Å²) in [6.07, 6.45) is 2.04. The fourth-order valence-electron chi connectivity index (χ4n) is 6.02. The maximum atomic E-state index is 12.9. The first-order valence-electron chi connectivity index (χ1n) is 10.5. The van der Waals surface area contributed by atoms with Crippen LogP contribution < -0.4 is 9.47 Å². The van der Waals surface area contributed by atoms with Crippen LogP contribution in [-0.4, -0.2) is 63.5 Å². The van der Waals surface area contributed by atoms with E-state index in [0.717, 1.165) is 0 Å². The van der Waals surface area contributed by atoms with Crippen LogP contribution in [0.1, 0.15) is 24.3 Å². The number of carbonyl (C=O) groups excluding carboxylic acids is 4. The van der Waals surface area contributed by atoms with Crippen LogP contribution in [0.15, 0.2) is 23.8 Å². The predicted octanol–water partition coefficient (Wildman–Crippen LogP) is 0.824. The number of hydroxylamine groups is 4. The first-order chi connectivity index (χ1) is 15.7. The molecule has 11 nitrogen and oxygen atoms in total. The van der Waals surface area contributed by atoms with Crippen molar-refractivity contribution in [2.24, 2.45) is 29.6 Å². The van der Waals surface area contributed by atoms with Gasteiger partial charge >= 0.3 is 0 Å². The van der Waals surface area contributed by atoms with E-state index in [-0.39, 0.29) is 40.2 Å². The lowest BCUT2D eigenvalue weighted by Gasteiger charge is -2.43. The Morgan fingerprint density at radius 1 is 0.818 bits per heavy atom. The van der Waals surface area contributed by atoms with Crippen LogP contribution in [0.4, 0.5) is 0 Å². The first kappa shape index (κ1) is 21.4. The van der Waals surface area contributed by atoms with Gasteiger partial charge in [0, 0.05) is 5.92 Å². The van der Waals surface area contributed by atoms with Crippen LogP contribution in [-0.2, 0) is 19.2 Å². The molecule has 5 rings (SSSR count). The molecule has 2 heterocycles. The number of fused-ring (bicyclic) bond motifs is 4. The maximum absolute atomic E-state index is 12.9. The van der Waals surface area contributed by atoms with E-state index in [2.05, 4.69) is 0 Å². The Bertz CT molecular complexity index is 1100. The van der Waals surface area contributed by atoms with Crippen LogP contribution in [0.5, 0.6) is 17.2 Å². The van der Waals surface area contributed by atoms with Crippen molar-refractivity contribution in [2.45, 2.75) is 18.8 Å². The number of imide groups is 2. The van der Waals surface area contributed by atoms with Gasteiger partial charge in [0.25, 0.3) is 23.6 Å². The number of aromatic hydroxyl groups is 1. The minimum absolute atomic E-state index is 0.0784. The summed E-state index contributed by atoms with van der Waals surface area (Å²) in [5.74, 6) is -7.87. The van der Waals surface area contributed by atoms with E-state index < -0.39 is 59.1 Å². The highest BCUT2D eigenvalue weighted by Crippen LogP contribution is 2.58. The Kier molecular flexibility index (Phi) is 4.73. The zero-order chi connectivity index (χ0) is 23.8. The molecule has 0 bridgehead atoms. The van der Waals surface area contributed by atoms with Gasteiger partial charge in [-0.15, -0.1) is 0 Å².